The van der Waals surface area contributed by atoms with E-state index in [-0.39, 0.29) is 36.5 Å². The molecule has 0 fully saturated rings. The number of rotatable bonds is 5. The third-order valence-corrected chi connectivity index (χ3v) is 2.21. The second-order valence-electron chi connectivity index (χ2n) is 4.27. The van der Waals surface area contributed by atoms with Crippen molar-refractivity contribution in [3.05, 3.63) is 29.6 Å². The Morgan fingerprint density at radius 1 is 1.42 bits per heavy atom. The first kappa shape index (κ1) is 14.6. The zero-order valence-electron chi connectivity index (χ0n) is 10.9. The van der Waals surface area contributed by atoms with Gasteiger partial charge in [0.25, 0.3) is 5.91 Å². The molecule has 1 heterocycles. The van der Waals surface area contributed by atoms with Gasteiger partial charge in [0.1, 0.15) is 11.8 Å². The summed E-state index contributed by atoms with van der Waals surface area (Å²) in [6.45, 7) is 3.99. The minimum absolute atomic E-state index is 0.0865. The maximum absolute atomic E-state index is 11.7. The highest BCUT2D eigenvalue weighted by atomic mass is 16.2. The molecule has 0 radical (unpaired) electrons. The van der Waals surface area contributed by atoms with Crippen molar-refractivity contribution in [1.82, 2.24) is 15.6 Å². The number of nitrogens with zero attached hydrogens (tertiary/aromatic N) is 2. The van der Waals surface area contributed by atoms with E-state index in [0.717, 1.165) is 0 Å². The molecule has 2 N–H and O–H groups in total. The molecule has 6 heteroatoms. The molecule has 1 aromatic rings. The van der Waals surface area contributed by atoms with Gasteiger partial charge in [-0.25, -0.2) is 4.98 Å². The number of hydrogen-bond donors (Lipinski definition) is 2. The van der Waals surface area contributed by atoms with Crippen LogP contribution in [0.3, 0.4) is 0 Å². The first-order chi connectivity index (χ1) is 9.02. The van der Waals surface area contributed by atoms with Crippen LogP contribution in [0.15, 0.2) is 18.3 Å². The van der Waals surface area contributed by atoms with Gasteiger partial charge in [0.15, 0.2) is 0 Å². The van der Waals surface area contributed by atoms with Gasteiger partial charge in [-0.1, -0.05) is 0 Å². The summed E-state index contributed by atoms with van der Waals surface area (Å²) in [7, 11) is 0. The van der Waals surface area contributed by atoms with Crippen LogP contribution < -0.4 is 10.6 Å². The molecule has 0 aliphatic rings. The van der Waals surface area contributed by atoms with Crippen LogP contribution in [-0.4, -0.2) is 29.4 Å². The highest BCUT2D eigenvalue weighted by Gasteiger charge is 2.08. The molecule has 1 aromatic heterocycles. The van der Waals surface area contributed by atoms with Crippen molar-refractivity contribution in [3.63, 3.8) is 0 Å². The molecule has 0 saturated carbocycles. The average molecular weight is 260 g/mol. The molecule has 6 nitrogen and oxygen atoms in total. The Kier molecular flexibility index (Phi) is 5.48. The molecular weight excluding hydrogens is 244 g/mol. The fourth-order valence-electron chi connectivity index (χ4n) is 1.37. The van der Waals surface area contributed by atoms with Crippen molar-refractivity contribution in [1.29, 1.82) is 5.26 Å². The lowest BCUT2D eigenvalue weighted by Gasteiger charge is -2.08. The smallest absolute Gasteiger partial charge is 0.269 e. The second-order valence-corrected chi connectivity index (χ2v) is 4.27. The van der Waals surface area contributed by atoms with Crippen LogP contribution in [-0.2, 0) is 4.79 Å². The summed E-state index contributed by atoms with van der Waals surface area (Å²) < 4.78 is 0. The van der Waals surface area contributed by atoms with E-state index in [9.17, 15) is 9.59 Å². The number of nitriles is 1. The summed E-state index contributed by atoms with van der Waals surface area (Å²) in [6.07, 6.45) is 1.56. The zero-order chi connectivity index (χ0) is 14.3. The maximum atomic E-state index is 11.7. The Balaban J connectivity index is 2.39. The molecule has 0 atom stereocenters. The van der Waals surface area contributed by atoms with E-state index < -0.39 is 0 Å². The second kappa shape index (κ2) is 7.11. The highest BCUT2D eigenvalue weighted by molar-refractivity contribution is 5.92. The topological polar surface area (TPSA) is 94.9 Å². The lowest BCUT2D eigenvalue weighted by molar-refractivity contribution is -0.121. The number of aromatic nitrogens is 1. The molecule has 0 aliphatic heterocycles. The van der Waals surface area contributed by atoms with E-state index >= 15 is 0 Å². The predicted octanol–water partition coefficient (Wildman–Crippen LogP) is 0.598. The number of carbonyl (C=O) groups excluding carboxylic acids is 2. The third kappa shape index (κ3) is 5.17. The lowest BCUT2D eigenvalue weighted by atomic mass is 10.2. The number of hydrogen-bond acceptors (Lipinski definition) is 4. The van der Waals surface area contributed by atoms with Crippen LogP contribution in [0.5, 0.6) is 0 Å². The van der Waals surface area contributed by atoms with Crippen LogP contribution in [0, 0.1) is 11.3 Å². The van der Waals surface area contributed by atoms with Crippen molar-refractivity contribution in [2.45, 2.75) is 26.3 Å². The van der Waals surface area contributed by atoms with E-state index in [1.807, 2.05) is 19.9 Å². The summed E-state index contributed by atoms with van der Waals surface area (Å²) in [6, 6.07) is 5.00. The molecule has 0 aromatic carbocycles. The monoisotopic (exact) mass is 260 g/mol. The summed E-state index contributed by atoms with van der Waals surface area (Å²) >= 11 is 0. The van der Waals surface area contributed by atoms with Gasteiger partial charge in [-0.05, 0) is 26.0 Å². The summed E-state index contributed by atoms with van der Waals surface area (Å²) in [5.74, 6) is -0.468. The highest BCUT2D eigenvalue weighted by Crippen LogP contribution is 1.98. The van der Waals surface area contributed by atoms with E-state index in [1.165, 1.54) is 18.3 Å². The normalized spacial score (nSPS) is 9.79. The minimum Gasteiger partial charge on any atom is -0.354 e. The van der Waals surface area contributed by atoms with Crippen molar-refractivity contribution in [2.75, 3.05) is 6.54 Å². The van der Waals surface area contributed by atoms with Gasteiger partial charge in [-0.2, -0.15) is 5.26 Å². The minimum atomic E-state index is -0.359. The van der Waals surface area contributed by atoms with Gasteiger partial charge in [0.05, 0.1) is 5.56 Å². The number of carbonyl (C=O) groups is 2. The first-order valence-electron chi connectivity index (χ1n) is 5.96. The van der Waals surface area contributed by atoms with Crippen LogP contribution in [0.2, 0.25) is 0 Å². The van der Waals surface area contributed by atoms with Crippen molar-refractivity contribution < 1.29 is 9.59 Å². The molecule has 0 aliphatic carbocycles. The van der Waals surface area contributed by atoms with E-state index in [0.29, 0.717) is 5.56 Å². The number of amides is 2. The third-order valence-electron chi connectivity index (χ3n) is 2.21. The van der Waals surface area contributed by atoms with Crippen LogP contribution in [0.4, 0.5) is 0 Å². The Bertz CT molecular complexity index is 488. The molecule has 0 spiro atoms. The Morgan fingerprint density at radius 3 is 2.68 bits per heavy atom. The van der Waals surface area contributed by atoms with E-state index in [4.69, 9.17) is 5.26 Å². The quantitative estimate of drug-likeness (QED) is 0.810. The molecular formula is C13H16N4O2. The Labute approximate surface area is 111 Å². The molecule has 19 heavy (non-hydrogen) atoms. The number of nitrogens with one attached hydrogen (secondary N) is 2. The van der Waals surface area contributed by atoms with Gasteiger partial charge in [-0.15, -0.1) is 0 Å². The summed E-state index contributed by atoms with van der Waals surface area (Å²) in [5, 5.41) is 13.9. The SMILES string of the molecule is CC(C)NC(=O)CCNC(=O)c1ccc(C#N)cn1. The summed E-state index contributed by atoms with van der Waals surface area (Å²) in [4.78, 5) is 26.9. The molecule has 0 bridgehead atoms. The van der Waals surface area contributed by atoms with E-state index in [2.05, 4.69) is 15.6 Å². The molecule has 0 unspecified atom stereocenters. The van der Waals surface area contributed by atoms with Gasteiger partial charge >= 0.3 is 0 Å². The molecule has 0 saturated heterocycles. The molecule has 100 valence electrons. The van der Waals surface area contributed by atoms with Crippen LogP contribution in [0.1, 0.15) is 36.3 Å². The fourth-order valence-corrected chi connectivity index (χ4v) is 1.37. The van der Waals surface area contributed by atoms with Crippen LogP contribution in [0.25, 0.3) is 0 Å². The van der Waals surface area contributed by atoms with Crippen molar-refractivity contribution in [3.8, 4) is 6.07 Å². The predicted molar refractivity (Wildman–Crippen MR) is 69.2 cm³/mol. The summed E-state index contributed by atoms with van der Waals surface area (Å²) in [5.41, 5.74) is 0.621. The van der Waals surface area contributed by atoms with Gasteiger partial charge < -0.3 is 10.6 Å². The van der Waals surface area contributed by atoms with E-state index in [1.54, 1.807) is 0 Å². The fraction of sp³-hybridized carbons (Fsp3) is 0.385. The van der Waals surface area contributed by atoms with Gasteiger partial charge in [-0.3, -0.25) is 9.59 Å². The standard InChI is InChI=1S/C13H16N4O2/c1-9(2)17-12(18)5-6-15-13(19)11-4-3-10(7-14)8-16-11/h3-4,8-9H,5-6H2,1-2H3,(H,15,19)(H,17,18). The lowest BCUT2D eigenvalue weighted by Crippen LogP contribution is -2.34. The average Bonchev–Trinajstić information content (AvgIpc) is 2.37. The molecule has 1 rings (SSSR count). The number of pyridine rings is 1. The Morgan fingerprint density at radius 2 is 2.16 bits per heavy atom. The van der Waals surface area contributed by atoms with Gasteiger partial charge in [0.2, 0.25) is 5.91 Å². The Hall–Kier alpha value is -2.42. The van der Waals surface area contributed by atoms with Gasteiger partial charge in [0, 0.05) is 25.2 Å². The molecule has 2 amide bonds. The van der Waals surface area contributed by atoms with Crippen molar-refractivity contribution in [2.24, 2.45) is 0 Å². The van der Waals surface area contributed by atoms with Crippen molar-refractivity contribution >= 4 is 11.8 Å². The maximum Gasteiger partial charge on any atom is 0.269 e. The largest absolute Gasteiger partial charge is 0.354 e. The van der Waals surface area contributed by atoms with Crippen LogP contribution >= 0.6 is 0 Å². The first-order valence-corrected chi connectivity index (χ1v) is 5.96. The zero-order valence-corrected chi connectivity index (χ0v) is 10.9.